The van der Waals surface area contributed by atoms with Gasteiger partial charge in [0.05, 0.1) is 11.1 Å². The summed E-state index contributed by atoms with van der Waals surface area (Å²) in [5, 5.41) is 1.99. The van der Waals surface area contributed by atoms with E-state index in [2.05, 4.69) is 0 Å². The van der Waals surface area contributed by atoms with E-state index in [1.807, 2.05) is 5.32 Å². The Morgan fingerprint density at radius 1 is 0.931 bits per heavy atom. The summed E-state index contributed by atoms with van der Waals surface area (Å²) in [6.07, 6.45) is 0.00259. The summed E-state index contributed by atoms with van der Waals surface area (Å²) in [5.41, 5.74) is 0.00780. The number of anilines is 1. The molecule has 0 saturated heterocycles. The Morgan fingerprint density at radius 2 is 1.52 bits per heavy atom. The summed E-state index contributed by atoms with van der Waals surface area (Å²) in [4.78, 5) is 48.9. The first-order valence-corrected chi connectivity index (χ1v) is 8.73. The maximum absolute atomic E-state index is 13.5. The number of nitrogens with zero attached hydrogens (tertiary/aromatic N) is 1. The van der Waals surface area contributed by atoms with Crippen molar-refractivity contribution in [2.24, 2.45) is 0 Å². The molecule has 150 valence electrons. The molecule has 2 aromatic rings. The largest absolute Gasteiger partial charge is 0.456 e. The summed E-state index contributed by atoms with van der Waals surface area (Å²) < 4.78 is 31.7. The Kier molecular flexibility index (Phi) is 5.96. The van der Waals surface area contributed by atoms with E-state index in [0.29, 0.717) is 11.1 Å². The fourth-order valence-electron chi connectivity index (χ4n) is 2.83. The van der Waals surface area contributed by atoms with Crippen molar-refractivity contribution < 1.29 is 32.7 Å². The van der Waals surface area contributed by atoms with E-state index in [-0.39, 0.29) is 19.4 Å². The van der Waals surface area contributed by atoms with Crippen LogP contribution in [-0.4, -0.2) is 41.7 Å². The Hall–Kier alpha value is -3.62. The molecule has 0 atom stereocenters. The van der Waals surface area contributed by atoms with E-state index in [9.17, 15) is 28.0 Å². The number of imide groups is 1. The van der Waals surface area contributed by atoms with Crippen LogP contribution in [0, 0.1) is 11.6 Å². The van der Waals surface area contributed by atoms with Crippen LogP contribution >= 0.6 is 0 Å². The van der Waals surface area contributed by atoms with Crippen LogP contribution < -0.4 is 5.32 Å². The molecule has 0 saturated carbocycles. The van der Waals surface area contributed by atoms with E-state index in [1.54, 1.807) is 24.3 Å². The maximum atomic E-state index is 13.5. The number of para-hydroxylation sites is 1. The predicted molar refractivity (Wildman–Crippen MR) is 97.0 cm³/mol. The Balaban J connectivity index is 1.42. The number of carbonyl (C=O) groups is 4. The minimum absolute atomic E-state index is 0.0219. The van der Waals surface area contributed by atoms with E-state index >= 15 is 0 Å². The van der Waals surface area contributed by atoms with E-state index in [1.165, 1.54) is 0 Å². The van der Waals surface area contributed by atoms with Crippen LogP contribution in [0.1, 0.15) is 33.6 Å². The number of hydrogen-bond donors (Lipinski definition) is 1. The smallest absolute Gasteiger partial charge is 0.306 e. The normalized spacial score (nSPS) is 12.7. The van der Waals surface area contributed by atoms with Crippen LogP contribution in [0.4, 0.5) is 14.5 Å². The molecule has 0 bridgehead atoms. The number of hydrogen-bond acceptors (Lipinski definition) is 5. The molecule has 1 aliphatic heterocycles. The van der Waals surface area contributed by atoms with Crippen LogP contribution in [0.5, 0.6) is 0 Å². The third-order valence-electron chi connectivity index (χ3n) is 4.23. The SMILES string of the molecule is O=C(COC(=O)CCCN1C(=O)c2ccccc2C1=O)Nc1c(F)cccc1F. The van der Waals surface area contributed by atoms with Crippen molar-refractivity contribution in [2.75, 3.05) is 18.5 Å². The summed E-state index contributed by atoms with van der Waals surface area (Å²) in [5.74, 6) is -4.40. The summed E-state index contributed by atoms with van der Waals surface area (Å²) in [7, 11) is 0. The van der Waals surface area contributed by atoms with Gasteiger partial charge in [-0.3, -0.25) is 24.1 Å². The van der Waals surface area contributed by atoms with Crippen molar-refractivity contribution in [3.8, 4) is 0 Å². The van der Waals surface area contributed by atoms with Gasteiger partial charge in [-0.2, -0.15) is 0 Å². The van der Waals surface area contributed by atoms with Crippen molar-refractivity contribution in [1.82, 2.24) is 4.90 Å². The number of nitrogens with one attached hydrogen (secondary N) is 1. The highest BCUT2D eigenvalue weighted by molar-refractivity contribution is 6.21. The molecule has 29 heavy (non-hydrogen) atoms. The lowest BCUT2D eigenvalue weighted by molar-refractivity contribution is -0.147. The second kappa shape index (κ2) is 8.59. The highest BCUT2D eigenvalue weighted by Gasteiger charge is 2.34. The molecule has 1 heterocycles. The fraction of sp³-hybridized carbons (Fsp3) is 0.200. The summed E-state index contributed by atoms with van der Waals surface area (Å²) in [6, 6.07) is 9.52. The molecule has 0 radical (unpaired) electrons. The van der Waals surface area contributed by atoms with E-state index < -0.39 is 47.6 Å². The molecule has 3 amide bonds. The molecule has 3 rings (SSSR count). The van der Waals surface area contributed by atoms with Crippen molar-refractivity contribution in [3.63, 3.8) is 0 Å². The molecule has 0 fully saturated rings. The van der Waals surface area contributed by atoms with Gasteiger partial charge in [0.2, 0.25) is 0 Å². The van der Waals surface area contributed by atoms with Gasteiger partial charge in [-0.25, -0.2) is 8.78 Å². The lowest BCUT2D eigenvalue weighted by Gasteiger charge is -2.13. The lowest BCUT2D eigenvalue weighted by atomic mass is 10.1. The minimum Gasteiger partial charge on any atom is -0.456 e. The van der Waals surface area contributed by atoms with E-state index in [0.717, 1.165) is 23.1 Å². The van der Waals surface area contributed by atoms with Crippen molar-refractivity contribution in [3.05, 3.63) is 65.2 Å². The number of esters is 1. The zero-order valence-electron chi connectivity index (χ0n) is 15.1. The van der Waals surface area contributed by atoms with Gasteiger partial charge in [0, 0.05) is 13.0 Å². The number of halogens is 2. The molecule has 9 heteroatoms. The topological polar surface area (TPSA) is 92.8 Å². The van der Waals surface area contributed by atoms with Crippen LogP contribution in [0.25, 0.3) is 0 Å². The number of benzene rings is 2. The minimum atomic E-state index is -0.953. The number of ether oxygens (including phenoxy) is 1. The third kappa shape index (κ3) is 4.45. The molecule has 7 nitrogen and oxygen atoms in total. The lowest BCUT2D eigenvalue weighted by Crippen LogP contribution is -2.31. The van der Waals surface area contributed by atoms with E-state index in [4.69, 9.17) is 4.74 Å². The van der Waals surface area contributed by atoms with Gasteiger partial charge in [-0.1, -0.05) is 18.2 Å². The first kappa shape index (κ1) is 20.1. The Morgan fingerprint density at radius 3 is 2.10 bits per heavy atom. The average molecular weight is 402 g/mol. The Labute approximate surface area is 164 Å². The third-order valence-corrected chi connectivity index (χ3v) is 4.23. The summed E-state index contributed by atoms with van der Waals surface area (Å²) in [6.45, 7) is -0.701. The molecule has 1 N–H and O–H groups in total. The number of fused-ring (bicyclic) bond motifs is 1. The molecule has 0 aromatic heterocycles. The molecule has 0 unspecified atom stereocenters. The van der Waals surface area contributed by atoms with Gasteiger partial charge in [0.15, 0.2) is 6.61 Å². The second-order valence-corrected chi connectivity index (χ2v) is 6.22. The fourth-order valence-corrected chi connectivity index (χ4v) is 2.83. The van der Waals surface area contributed by atoms with Crippen molar-refractivity contribution >= 4 is 29.4 Å². The van der Waals surface area contributed by atoms with Crippen LogP contribution in [0.15, 0.2) is 42.5 Å². The number of amides is 3. The van der Waals surface area contributed by atoms with Gasteiger partial charge in [0.25, 0.3) is 17.7 Å². The monoisotopic (exact) mass is 402 g/mol. The van der Waals surface area contributed by atoms with Crippen LogP contribution in [0.3, 0.4) is 0 Å². The number of rotatable bonds is 7. The molecule has 0 aliphatic carbocycles. The van der Waals surface area contributed by atoms with Gasteiger partial charge in [0.1, 0.15) is 17.3 Å². The average Bonchev–Trinajstić information content (AvgIpc) is 2.94. The van der Waals surface area contributed by atoms with Gasteiger partial charge in [-0.15, -0.1) is 0 Å². The highest BCUT2D eigenvalue weighted by Crippen LogP contribution is 2.22. The molecular formula is C20H16F2N2O5. The van der Waals surface area contributed by atoms with Crippen LogP contribution in [0.2, 0.25) is 0 Å². The maximum Gasteiger partial charge on any atom is 0.306 e. The molecular weight excluding hydrogens is 386 g/mol. The molecule has 2 aromatic carbocycles. The van der Waals surface area contributed by atoms with Gasteiger partial charge in [-0.05, 0) is 30.7 Å². The highest BCUT2D eigenvalue weighted by atomic mass is 19.1. The standard InChI is InChI=1S/C20H16F2N2O5/c21-14-7-3-8-15(22)18(14)23-16(25)11-29-17(26)9-4-10-24-19(27)12-5-1-2-6-13(12)20(24)28/h1-3,5-8H,4,9-11H2,(H,23,25). The number of carbonyl (C=O) groups excluding carboxylic acids is 4. The quantitative estimate of drug-likeness (QED) is 0.568. The molecule has 0 spiro atoms. The second-order valence-electron chi connectivity index (χ2n) is 6.22. The van der Waals surface area contributed by atoms with Crippen molar-refractivity contribution in [2.45, 2.75) is 12.8 Å². The van der Waals surface area contributed by atoms with Gasteiger partial charge >= 0.3 is 5.97 Å². The Bertz CT molecular complexity index is 937. The van der Waals surface area contributed by atoms with Gasteiger partial charge < -0.3 is 10.1 Å². The van der Waals surface area contributed by atoms with Crippen LogP contribution in [-0.2, 0) is 14.3 Å². The zero-order chi connectivity index (χ0) is 21.0. The molecule has 1 aliphatic rings. The van der Waals surface area contributed by atoms with Crippen molar-refractivity contribution in [1.29, 1.82) is 0 Å². The zero-order valence-corrected chi connectivity index (χ0v) is 15.1. The first-order chi connectivity index (χ1) is 13.9. The summed E-state index contributed by atoms with van der Waals surface area (Å²) >= 11 is 0. The predicted octanol–water partition coefficient (Wildman–Crippen LogP) is 2.52. The first-order valence-electron chi connectivity index (χ1n) is 8.73.